The summed E-state index contributed by atoms with van der Waals surface area (Å²) in [6, 6.07) is 0. The normalized spacial score (nSPS) is 6.12. The Morgan fingerprint density at radius 2 is 2.00 bits per heavy atom. The molecule has 0 saturated carbocycles. The molecule has 0 rings (SSSR count). The van der Waals surface area contributed by atoms with Crippen molar-refractivity contribution in [1.29, 1.82) is 0 Å². The minimum atomic E-state index is -0.773. The van der Waals surface area contributed by atoms with Gasteiger partial charge in [-0.2, -0.15) is 6.42 Å². The van der Waals surface area contributed by atoms with Gasteiger partial charge < -0.3 is 24.4 Å². The van der Waals surface area contributed by atoms with Crippen molar-refractivity contribution >= 4 is 29.0 Å². The molecule has 0 aromatic carbocycles. The second-order valence-corrected chi connectivity index (χ2v) is 0.997. The van der Waals surface area contributed by atoms with Gasteiger partial charge in [0.1, 0.15) is 0 Å². The van der Waals surface area contributed by atoms with Gasteiger partial charge >= 0.3 is 29.0 Å². The Labute approximate surface area is 71.2 Å². The minimum absolute atomic E-state index is 0. The summed E-state index contributed by atoms with van der Waals surface area (Å²) in [6.45, 7) is 3.34. The smallest absolute Gasteiger partial charge is 1.00 e. The van der Waals surface area contributed by atoms with Gasteiger partial charge in [-0.3, -0.25) is 4.79 Å². The summed E-state index contributed by atoms with van der Waals surface area (Å²) in [7, 11) is 0. The molecule has 8 heavy (non-hydrogen) atoms. The molecule has 0 aromatic rings. The van der Waals surface area contributed by atoms with Crippen LogP contribution >= 0.6 is 0 Å². The molecule has 0 amide bonds. The van der Waals surface area contributed by atoms with Crippen molar-refractivity contribution in [2.75, 3.05) is 0 Å². The molecule has 0 fully saturated rings. The molecule has 0 atom stereocenters. The Kier molecular flexibility index (Phi) is 20.7. The van der Waals surface area contributed by atoms with Crippen molar-refractivity contribution in [3.63, 3.8) is 0 Å². The Hall–Kier alpha value is 0.526. The average Bonchev–Trinajstić information content (AvgIpc) is 1.35. The van der Waals surface area contributed by atoms with Gasteiger partial charge in [0.25, 0.3) is 0 Å². The predicted octanol–water partition coefficient (Wildman–Crippen LogP) is -2.69. The van der Waals surface area contributed by atoms with E-state index in [0.29, 0.717) is 6.42 Å². The SMILES string of the molecule is [CH2-]CCC(=O)O.[Cl-].[Mg+2]. The first-order chi connectivity index (χ1) is 2.77. The van der Waals surface area contributed by atoms with E-state index in [2.05, 4.69) is 6.92 Å². The van der Waals surface area contributed by atoms with E-state index < -0.39 is 5.97 Å². The predicted molar refractivity (Wildman–Crippen MR) is 28.0 cm³/mol. The van der Waals surface area contributed by atoms with Crippen molar-refractivity contribution in [2.24, 2.45) is 0 Å². The topological polar surface area (TPSA) is 37.3 Å². The number of rotatable bonds is 2. The third kappa shape index (κ3) is 16.0. The van der Waals surface area contributed by atoms with Gasteiger partial charge in [0.15, 0.2) is 0 Å². The van der Waals surface area contributed by atoms with Crippen LogP contribution in [0.1, 0.15) is 12.8 Å². The number of carbonyl (C=O) groups is 1. The maximum absolute atomic E-state index is 9.56. The molecule has 4 heteroatoms. The first kappa shape index (κ1) is 15.8. The van der Waals surface area contributed by atoms with Gasteiger partial charge in [-0.05, 0) is 0 Å². The number of carboxylic acid groups (broad SMARTS) is 1. The van der Waals surface area contributed by atoms with Crippen molar-refractivity contribution in [2.45, 2.75) is 12.8 Å². The van der Waals surface area contributed by atoms with Crippen LogP contribution in [0, 0.1) is 6.92 Å². The van der Waals surface area contributed by atoms with Crippen LogP contribution in [0.5, 0.6) is 0 Å². The molecule has 0 aliphatic rings. The summed E-state index contributed by atoms with van der Waals surface area (Å²) in [6.07, 6.45) is 0.662. The van der Waals surface area contributed by atoms with Crippen LogP contribution in [0.3, 0.4) is 0 Å². The number of halogens is 1. The Bertz CT molecular complexity index is 58.0. The first-order valence-corrected chi connectivity index (χ1v) is 1.78. The van der Waals surface area contributed by atoms with Crippen molar-refractivity contribution in [3.8, 4) is 0 Å². The molecule has 0 aromatic heterocycles. The van der Waals surface area contributed by atoms with Gasteiger partial charge in [0, 0.05) is 6.42 Å². The molecule has 0 saturated heterocycles. The zero-order valence-corrected chi connectivity index (χ0v) is 6.73. The average molecular weight is 147 g/mol. The molecular formula is C4H7ClMgO2. The van der Waals surface area contributed by atoms with Crippen LogP contribution in [-0.4, -0.2) is 34.1 Å². The van der Waals surface area contributed by atoms with E-state index in [4.69, 9.17) is 5.11 Å². The maximum atomic E-state index is 9.56. The Morgan fingerprint density at radius 3 is 2.00 bits per heavy atom. The quantitative estimate of drug-likeness (QED) is 0.341. The van der Waals surface area contributed by atoms with Crippen molar-refractivity contribution in [3.05, 3.63) is 6.92 Å². The van der Waals surface area contributed by atoms with E-state index in [-0.39, 0.29) is 41.9 Å². The summed E-state index contributed by atoms with van der Waals surface area (Å²) < 4.78 is 0. The molecule has 0 unspecified atom stereocenters. The minimum Gasteiger partial charge on any atom is -1.00 e. The summed E-state index contributed by atoms with van der Waals surface area (Å²) in [5, 5.41) is 7.87. The maximum Gasteiger partial charge on any atom is 2.00 e. The molecule has 0 bridgehead atoms. The number of hydrogen-bond acceptors (Lipinski definition) is 1. The van der Waals surface area contributed by atoms with Gasteiger partial charge in [0.05, 0.1) is 0 Å². The second kappa shape index (κ2) is 10.5. The molecule has 0 radical (unpaired) electrons. The standard InChI is InChI=1S/C4H7O2.ClH.Mg/c1-2-3-4(5)6;;/h1-3H2,(H,5,6);1H;/q-1;;+2/p-1. The summed E-state index contributed by atoms with van der Waals surface area (Å²) in [4.78, 5) is 9.56. The molecule has 0 spiro atoms. The summed E-state index contributed by atoms with van der Waals surface area (Å²) in [5.74, 6) is -0.773. The fourth-order valence-corrected chi connectivity index (χ4v) is 0.151. The molecule has 1 N–H and O–H groups in total. The summed E-state index contributed by atoms with van der Waals surface area (Å²) >= 11 is 0. The van der Waals surface area contributed by atoms with Gasteiger partial charge in [-0.1, -0.05) is 0 Å². The van der Waals surface area contributed by atoms with Crippen LogP contribution < -0.4 is 12.4 Å². The third-order valence-corrected chi connectivity index (χ3v) is 0.391. The van der Waals surface area contributed by atoms with E-state index in [1.165, 1.54) is 0 Å². The van der Waals surface area contributed by atoms with Gasteiger partial charge in [-0.15, -0.1) is 0 Å². The van der Waals surface area contributed by atoms with Crippen molar-refractivity contribution < 1.29 is 22.3 Å². The zero-order chi connectivity index (χ0) is 4.99. The van der Waals surface area contributed by atoms with Crippen LogP contribution in [-0.2, 0) is 4.79 Å². The van der Waals surface area contributed by atoms with Crippen LogP contribution in [0.2, 0.25) is 0 Å². The van der Waals surface area contributed by atoms with Crippen LogP contribution in [0.25, 0.3) is 0 Å². The first-order valence-electron chi connectivity index (χ1n) is 1.78. The number of carboxylic acids is 1. The monoisotopic (exact) mass is 146 g/mol. The number of aliphatic carboxylic acids is 1. The van der Waals surface area contributed by atoms with E-state index >= 15 is 0 Å². The molecule has 0 aliphatic carbocycles. The number of hydrogen-bond donors (Lipinski definition) is 1. The summed E-state index contributed by atoms with van der Waals surface area (Å²) in [5.41, 5.74) is 0. The largest absolute Gasteiger partial charge is 2.00 e. The van der Waals surface area contributed by atoms with Crippen LogP contribution in [0.15, 0.2) is 0 Å². The van der Waals surface area contributed by atoms with Crippen molar-refractivity contribution in [1.82, 2.24) is 0 Å². The third-order valence-electron chi connectivity index (χ3n) is 0.391. The van der Waals surface area contributed by atoms with E-state index in [0.717, 1.165) is 0 Å². The molecular weight excluding hydrogens is 140 g/mol. The Morgan fingerprint density at radius 1 is 1.62 bits per heavy atom. The fraction of sp³-hybridized carbons (Fsp3) is 0.500. The molecule has 0 heterocycles. The van der Waals surface area contributed by atoms with E-state index in [1.54, 1.807) is 0 Å². The zero-order valence-electron chi connectivity index (χ0n) is 4.56. The Balaban J connectivity index is -0.000000125. The van der Waals surface area contributed by atoms with Gasteiger partial charge in [0.2, 0.25) is 0 Å². The van der Waals surface area contributed by atoms with E-state index in [1.807, 2.05) is 0 Å². The molecule has 2 nitrogen and oxygen atoms in total. The molecule has 0 aliphatic heterocycles. The van der Waals surface area contributed by atoms with Crippen LogP contribution in [0.4, 0.5) is 0 Å². The van der Waals surface area contributed by atoms with Gasteiger partial charge in [-0.25, -0.2) is 0 Å². The second-order valence-electron chi connectivity index (χ2n) is 0.997. The fourth-order valence-electron chi connectivity index (χ4n) is 0.151. The van der Waals surface area contributed by atoms with E-state index in [9.17, 15) is 4.79 Å². The molecule has 44 valence electrons.